The van der Waals surface area contributed by atoms with E-state index in [9.17, 15) is 14.7 Å². The van der Waals surface area contributed by atoms with Gasteiger partial charge in [0, 0.05) is 40.6 Å². The van der Waals surface area contributed by atoms with E-state index in [2.05, 4.69) is 10.3 Å². The minimum atomic E-state index is -1.33. The van der Waals surface area contributed by atoms with E-state index in [-0.39, 0.29) is 24.9 Å². The van der Waals surface area contributed by atoms with Gasteiger partial charge in [-0.3, -0.25) is 4.79 Å². The van der Waals surface area contributed by atoms with Crippen LogP contribution in [0.4, 0.5) is 0 Å². The molecule has 0 spiro atoms. The van der Waals surface area contributed by atoms with Crippen LogP contribution in [0.25, 0.3) is 10.9 Å². The minimum absolute atomic E-state index is 0.0742. The third-order valence-corrected chi connectivity index (χ3v) is 5.80. The Kier molecular flexibility index (Phi) is 4.75. The topological polar surface area (TPSA) is 91.4 Å². The Hall–Kier alpha value is -2.05. The molecule has 0 radical (unpaired) electrons. The van der Waals surface area contributed by atoms with Crippen molar-refractivity contribution in [3.8, 4) is 0 Å². The van der Waals surface area contributed by atoms with E-state index in [1.54, 1.807) is 18.3 Å². The number of carbonyl (C=O) groups excluding carboxylic acids is 1. The van der Waals surface area contributed by atoms with Crippen molar-refractivity contribution in [1.82, 2.24) is 10.3 Å². The number of carboxylic acids is 1. The van der Waals surface area contributed by atoms with Gasteiger partial charge in [0.05, 0.1) is 12.5 Å². The third-order valence-electron chi connectivity index (χ3n) is 5.56. The molecule has 140 valence electrons. The monoisotopic (exact) mass is 378 g/mol. The lowest BCUT2D eigenvalue weighted by atomic mass is 9.54. The van der Waals surface area contributed by atoms with Gasteiger partial charge in [0.1, 0.15) is 5.54 Å². The Morgan fingerprint density at radius 1 is 1.42 bits per heavy atom. The van der Waals surface area contributed by atoms with E-state index in [0.717, 1.165) is 16.5 Å². The zero-order valence-electron chi connectivity index (χ0n) is 15.1. The van der Waals surface area contributed by atoms with Crippen molar-refractivity contribution in [2.75, 3.05) is 6.61 Å². The number of amides is 1. The molecular formula is C19H23ClN2O4. The fraction of sp³-hybridized carbons (Fsp3) is 0.474. The highest BCUT2D eigenvalue weighted by Crippen LogP contribution is 2.51. The summed E-state index contributed by atoms with van der Waals surface area (Å²) in [5.74, 6) is -1.37. The molecule has 1 aliphatic carbocycles. The van der Waals surface area contributed by atoms with Crippen LogP contribution in [-0.2, 0) is 20.7 Å². The van der Waals surface area contributed by atoms with Gasteiger partial charge in [-0.2, -0.15) is 0 Å². The molecule has 1 aliphatic rings. The molecule has 1 heterocycles. The van der Waals surface area contributed by atoms with Crippen LogP contribution >= 0.6 is 11.6 Å². The molecular weight excluding hydrogens is 356 g/mol. The quantitative estimate of drug-likeness (QED) is 0.720. The second kappa shape index (κ2) is 6.59. The van der Waals surface area contributed by atoms with Crippen molar-refractivity contribution < 1.29 is 19.4 Å². The second-order valence-electron chi connectivity index (χ2n) is 7.31. The summed E-state index contributed by atoms with van der Waals surface area (Å²) in [5, 5.41) is 14.0. The first-order valence-corrected chi connectivity index (χ1v) is 9.00. The number of aromatic amines is 1. The van der Waals surface area contributed by atoms with E-state index < -0.39 is 16.9 Å². The Balaban J connectivity index is 1.79. The van der Waals surface area contributed by atoms with Crippen LogP contribution in [0.3, 0.4) is 0 Å². The summed E-state index contributed by atoms with van der Waals surface area (Å²) in [6.45, 7) is 6.01. The standard InChI is InChI=1S/C19H23ClN2O4/c1-4-26-15-9-19(17(24)25,18(15,2)3)22-16(23)7-11-10-21-14-6-5-12(20)8-13(11)14/h5-6,8,10,15,21H,4,7,9H2,1-3H3,(H,22,23)(H,24,25). The van der Waals surface area contributed by atoms with Crippen LogP contribution in [0, 0.1) is 5.41 Å². The number of hydrogen-bond donors (Lipinski definition) is 3. The molecule has 1 aromatic heterocycles. The lowest BCUT2D eigenvalue weighted by molar-refractivity contribution is -0.194. The highest BCUT2D eigenvalue weighted by molar-refractivity contribution is 6.31. The number of H-pyrrole nitrogens is 1. The number of aromatic nitrogens is 1. The summed E-state index contributed by atoms with van der Waals surface area (Å²) in [6.07, 6.45) is 1.89. The summed E-state index contributed by atoms with van der Waals surface area (Å²) in [5.41, 5.74) is -0.369. The van der Waals surface area contributed by atoms with Gasteiger partial charge in [0.2, 0.25) is 5.91 Å². The molecule has 0 aliphatic heterocycles. The molecule has 0 saturated heterocycles. The number of fused-ring (bicyclic) bond motifs is 1. The molecule has 3 N–H and O–H groups in total. The SMILES string of the molecule is CCOC1CC(NC(=O)Cc2c[nH]c3ccc(Cl)cc23)(C(=O)O)C1(C)C. The Morgan fingerprint density at radius 2 is 2.15 bits per heavy atom. The summed E-state index contributed by atoms with van der Waals surface area (Å²) < 4.78 is 5.62. The van der Waals surface area contributed by atoms with E-state index in [0.29, 0.717) is 11.6 Å². The maximum absolute atomic E-state index is 12.6. The molecule has 2 atom stereocenters. The maximum Gasteiger partial charge on any atom is 0.330 e. The van der Waals surface area contributed by atoms with Gasteiger partial charge >= 0.3 is 5.97 Å². The van der Waals surface area contributed by atoms with Gasteiger partial charge in [0.15, 0.2) is 0 Å². The number of carboxylic acid groups (broad SMARTS) is 1. The molecule has 3 rings (SSSR count). The van der Waals surface area contributed by atoms with E-state index in [1.807, 2.05) is 26.8 Å². The molecule has 7 heteroatoms. The number of aliphatic carboxylic acids is 1. The van der Waals surface area contributed by atoms with Gasteiger partial charge < -0.3 is 20.1 Å². The van der Waals surface area contributed by atoms with Crippen molar-refractivity contribution in [3.05, 3.63) is 35.0 Å². The van der Waals surface area contributed by atoms with Crippen molar-refractivity contribution in [2.45, 2.75) is 45.3 Å². The highest BCUT2D eigenvalue weighted by atomic mass is 35.5. The summed E-state index contributed by atoms with van der Waals surface area (Å²) in [4.78, 5) is 27.7. The fourth-order valence-corrected chi connectivity index (χ4v) is 3.96. The predicted octanol–water partition coefficient (Wildman–Crippen LogP) is 3.14. The molecule has 6 nitrogen and oxygen atoms in total. The van der Waals surface area contributed by atoms with E-state index >= 15 is 0 Å². The Morgan fingerprint density at radius 3 is 2.77 bits per heavy atom. The van der Waals surface area contributed by atoms with Crippen LogP contribution in [0.2, 0.25) is 5.02 Å². The summed E-state index contributed by atoms with van der Waals surface area (Å²) >= 11 is 6.04. The van der Waals surface area contributed by atoms with Crippen LogP contribution < -0.4 is 5.32 Å². The van der Waals surface area contributed by atoms with Crippen LogP contribution in [0.5, 0.6) is 0 Å². The molecule has 2 aromatic rings. The number of rotatable bonds is 6. The van der Waals surface area contributed by atoms with Gasteiger partial charge in [-0.15, -0.1) is 0 Å². The number of nitrogens with one attached hydrogen (secondary N) is 2. The fourth-order valence-electron chi connectivity index (χ4n) is 3.79. The lowest BCUT2D eigenvalue weighted by Gasteiger charge is -2.58. The first-order valence-electron chi connectivity index (χ1n) is 8.63. The van der Waals surface area contributed by atoms with Gasteiger partial charge in [-0.05, 0) is 30.7 Å². The summed E-state index contributed by atoms with van der Waals surface area (Å²) in [6, 6.07) is 5.41. The third kappa shape index (κ3) is 2.87. The molecule has 1 amide bonds. The number of hydrogen-bond acceptors (Lipinski definition) is 3. The summed E-state index contributed by atoms with van der Waals surface area (Å²) in [7, 11) is 0. The zero-order chi connectivity index (χ0) is 19.1. The predicted molar refractivity (Wildman–Crippen MR) is 99.3 cm³/mol. The largest absolute Gasteiger partial charge is 0.479 e. The smallest absolute Gasteiger partial charge is 0.330 e. The number of halogens is 1. The molecule has 1 fully saturated rings. The number of benzene rings is 1. The van der Waals surface area contributed by atoms with Gasteiger partial charge in [-0.1, -0.05) is 25.4 Å². The van der Waals surface area contributed by atoms with Crippen LogP contribution in [-0.4, -0.2) is 40.2 Å². The minimum Gasteiger partial charge on any atom is -0.479 e. The maximum atomic E-state index is 12.6. The van der Waals surface area contributed by atoms with Crippen molar-refractivity contribution in [1.29, 1.82) is 0 Å². The van der Waals surface area contributed by atoms with Crippen LogP contribution in [0.1, 0.15) is 32.8 Å². The molecule has 1 aromatic carbocycles. The number of carbonyl (C=O) groups is 2. The second-order valence-corrected chi connectivity index (χ2v) is 7.75. The first kappa shape index (κ1) is 18.7. The zero-order valence-corrected chi connectivity index (χ0v) is 15.8. The number of ether oxygens (including phenoxy) is 1. The van der Waals surface area contributed by atoms with Crippen molar-refractivity contribution in [3.63, 3.8) is 0 Å². The lowest BCUT2D eigenvalue weighted by Crippen LogP contribution is -2.76. The van der Waals surface area contributed by atoms with Crippen molar-refractivity contribution in [2.24, 2.45) is 5.41 Å². The molecule has 26 heavy (non-hydrogen) atoms. The van der Waals surface area contributed by atoms with Gasteiger partial charge in [-0.25, -0.2) is 4.79 Å². The molecule has 1 saturated carbocycles. The van der Waals surface area contributed by atoms with Crippen LogP contribution in [0.15, 0.2) is 24.4 Å². The van der Waals surface area contributed by atoms with E-state index in [1.165, 1.54) is 0 Å². The first-order chi connectivity index (χ1) is 12.2. The normalized spacial score (nSPS) is 24.2. The van der Waals surface area contributed by atoms with Crippen molar-refractivity contribution >= 4 is 34.4 Å². The average Bonchev–Trinajstić information content (AvgIpc) is 2.95. The average molecular weight is 379 g/mol. The Bertz CT molecular complexity index is 860. The van der Waals surface area contributed by atoms with Gasteiger partial charge in [0.25, 0.3) is 0 Å². The molecule has 2 unspecified atom stereocenters. The highest BCUT2D eigenvalue weighted by Gasteiger charge is 2.66. The van der Waals surface area contributed by atoms with E-state index in [4.69, 9.17) is 16.3 Å². The Labute approximate surface area is 156 Å². The molecule has 0 bridgehead atoms.